The molecule has 0 saturated carbocycles. The van der Waals surface area contributed by atoms with Crippen LogP contribution in [0.15, 0.2) is 0 Å². The number of likely N-dealkylation sites (N-methyl/N-ethyl adjacent to an activating group) is 1. The van der Waals surface area contributed by atoms with Crippen LogP contribution in [-0.2, 0) is 9.59 Å². The first-order valence-corrected chi connectivity index (χ1v) is 9.76. The number of carbonyl (C=O) groups excluding carboxylic acids is 2. The van der Waals surface area contributed by atoms with Gasteiger partial charge in [0.2, 0.25) is 11.8 Å². The molecule has 1 aromatic rings. The van der Waals surface area contributed by atoms with Crippen LogP contribution in [0.2, 0.25) is 0 Å². The maximum atomic E-state index is 12.7. The van der Waals surface area contributed by atoms with Crippen molar-refractivity contribution < 1.29 is 9.59 Å². The maximum absolute atomic E-state index is 12.7. The summed E-state index contributed by atoms with van der Waals surface area (Å²) in [7, 11) is 3.98. The summed E-state index contributed by atoms with van der Waals surface area (Å²) in [5, 5.41) is 9.97. The Labute approximate surface area is 161 Å². The third kappa shape index (κ3) is 6.04. The number of H-pyrrole nitrogens is 1. The van der Waals surface area contributed by atoms with E-state index in [1.807, 2.05) is 37.7 Å². The number of nitrogens with zero attached hydrogens (tertiary/aromatic N) is 3. The summed E-state index contributed by atoms with van der Waals surface area (Å²) < 4.78 is 0. The molecule has 8 heteroatoms. The first-order valence-electron chi connectivity index (χ1n) is 9.76. The Morgan fingerprint density at radius 1 is 1.33 bits per heavy atom. The summed E-state index contributed by atoms with van der Waals surface area (Å²) in [6.07, 6.45) is 3.28. The fraction of sp³-hybridized carbons (Fsp3) is 0.737. The number of hydrogen-bond donors (Lipinski definition) is 3. The fourth-order valence-electron chi connectivity index (χ4n) is 3.62. The summed E-state index contributed by atoms with van der Waals surface area (Å²) in [5.74, 6) is 0.563. The van der Waals surface area contributed by atoms with E-state index in [1.54, 1.807) is 0 Å². The molecule has 1 saturated heterocycles. The largest absolute Gasteiger partial charge is 0.355 e. The molecule has 0 unspecified atom stereocenters. The van der Waals surface area contributed by atoms with E-state index in [-0.39, 0.29) is 11.8 Å². The molecule has 1 atom stereocenters. The van der Waals surface area contributed by atoms with Gasteiger partial charge in [-0.05, 0) is 53.1 Å². The highest BCUT2D eigenvalue weighted by Crippen LogP contribution is 2.25. The quantitative estimate of drug-likeness (QED) is 0.618. The molecule has 0 radical (unpaired) electrons. The molecule has 0 bridgehead atoms. The normalized spacial score (nSPS) is 16.6. The molecule has 152 valence electrons. The Morgan fingerprint density at radius 2 is 2.00 bits per heavy atom. The third-order valence-electron chi connectivity index (χ3n) is 5.35. The summed E-state index contributed by atoms with van der Waals surface area (Å²) in [4.78, 5) is 28.5. The van der Waals surface area contributed by atoms with Crippen molar-refractivity contribution in [2.45, 2.75) is 45.6 Å². The number of aromatic amines is 1. The highest BCUT2D eigenvalue weighted by Gasteiger charge is 2.29. The van der Waals surface area contributed by atoms with Crippen molar-refractivity contribution in [3.05, 3.63) is 17.0 Å². The molecule has 1 fully saturated rings. The van der Waals surface area contributed by atoms with Crippen LogP contribution in [0.5, 0.6) is 0 Å². The number of aromatic nitrogens is 2. The van der Waals surface area contributed by atoms with E-state index in [9.17, 15) is 9.59 Å². The minimum absolute atomic E-state index is 0.0394. The molecular weight excluding hydrogens is 344 g/mol. The van der Waals surface area contributed by atoms with Gasteiger partial charge in [-0.15, -0.1) is 0 Å². The maximum Gasteiger partial charge on any atom is 0.244 e. The van der Waals surface area contributed by atoms with Crippen LogP contribution in [0.4, 0.5) is 0 Å². The summed E-state index contributed by atoms with van der Waals surface area (Å²) >= 11 is 0. The Bertz CT molecular complexity index is 615. The number of carbonyl (C=O) groups is 2. The molecule has 0 aromatic carbocycles. The zero-order chi connectivity index (χ0) is 20.0. The van der Waals surface area contributed by atoms with Crippen LogP contribution in [-0.4, -0.2) is 72.1 Å². The van der Waals surface area contributed by atoms with E-state index in [0.717, 1.165) is 42.8 Å². The van der Waals surface area contributed by atoms with E-state index < -0.39 is 6.04 Å². The fourth-order valence-corrected chi connectivity index (χ4v) is 3.62. The van der Waals surface area contributed by atoms with E-state index in [0.29, 0.717) is 32.0 Å². The van der Waals surface area contributed by atoms with Crippen molar-refractivity contribution in [3.8, 4) is 0 Å². The van der Waals surface area contributed by atoms with Gasteiger partial charge in [-0.2, -0.15) is 5.10 Å². The molecule has 1 aliphatic heterocycles. The minimum Gasteiger partial charge on any atom is -0.355 e. The van der Waals surface area contributed by atoms with Crippen molar-refractivity contribution in [2.75, 3.05) is 40.3 Å². The average molecular weight is 379 g/mol. The minimum atomic E-state index is -0.664. The molecular formula is C19H34N6O2. The molecule has 1 aromatic heterocycles. The number of rotatable bonds is 8. The Kier molecular flexibility index (Phi) is 7.79. The molecule has 0 spiro atoms. The second-order valence-electron chi connectivity index (χ2n) is 7.79. The van der Waals surface area contributed by atoms with Gasteiger partial charge in [0.05, 0.1) is 5.69 Å². The number of nitrogens with one attached hydrogen (secondary N) is 2. The number of nitrogens with two attached hydrogens (primary N) is 1. The average Bonchev–Trinajstić information content (AvgIpc) is 2.97. The Balaban J connectivity index is 1.73. The van der Waals surface area contributed by atoms with Crippen LogP contribution in [0.3, 0.4) is 0 Å². The smallest absolute Gasteiger partial charge is 0.244 e. The lowest BCUT2D eigenvalue weighted by atomic mass is 9.91. The monoisotopic (exact) mass is 378 g/mol. The van der Waals surface area contributed by atoms with E-state index >= 15 is 0 Å². The molecule has 8 nitrogen and oxygen atoms in total. The van der Waals surface area contributed by atoms with E-state index in [1.165, 1.54) is 0 Å². The summed E-state index contributed by atoms with van der Waals surface area (Å²) in [5.41, 5.74) is 8.64. The topological polar surface area (TPSA) is 107 Å². The van der Waals surface area contributed by atoms with E-state index in [2.05, 4.69) is 15.5 Å². The molecule has 4 N–H and O–H groups in total. The Morgan fingerprint density at radius 3 is 2.56 bits per heavy atom. The van der Waals surface area contributed by atoms with Crippen LogP contribution in [0.25, 0.3) is 0 Å². The lowest BCUT2D eigenvalue weighted by molar-refractivity contribution is -0.134. The lowest BCUT2D eigenvalue weighted by Crippen LogP contribution is -2.43. The second kappa shape index (κ2) is 9.85. The van der Waals surface area contributed by atoms with Gasteiger partial charge in [0.1, 0.15) is 6.04 Å². The lowest BCUT2D eigenvalue weighted by Gasteiger charge is -2.33. The molecule has 0 aliphatic carbocycles. The summed E-state index contributed by atoms with van der Waals surface area (Å²) in [6.45, 7) is 6.69. The van der Waals surface area contributed by atoms with Crippen molar-refractivity contribution in [1.82, 2.24) is 25.3 Å². The molecule has 27 heavy (non-hydrogen) atoms. The number of amides is 2. The third-order valence-corrected chi connectivity index (χ3v) is 5.35. The van der Waals surface area contributed by atoms with Crippen molar-refractivity contribution >= 4 is 11.8 Å². The molecule has 2 amide bonds. The number of hydrogen-bond acceptors (Lipinski definition) is 5. The van der Waals surface area contributed by atoms with Gasteiger partial charge in [0, 0.05) is 43.9 Å². The van der Waals surface area contributed by atoms with Crippen LogP contribution >= 0.6 is 0 Å². The zero-order valence-electron chi connectivity index (χ0n) is 17.0. The van der Waals surface area contributed by atoms with Gasteiger partial charge in [-0.3, -0.25) is 14.7 Å². The van der Waals surface area contributed by atoms with Crippen LogP contribution in [0, 0.1) is 19.8 Å². The van der Waals surface area contributed by atoms with Gasteiger partial charge in [0.15, 0.2) is 0 Å². The standard InChI is InChI=1S/C19H34N6O2/c1-13-17(14(2)23-22-13)18(20)19(27)25-10-7-15(8-11-25)5-6-16(26)21-9-12-24(3)4/h15,18H,5-12,20H2,1-4H3,(H,21,26)(H,22,23)/t18-/m1/s1. The van der Waals surface area contributed by atoms with Gasteiger partial charge in [-0.1, -0.05) is 0 Å². The molecule has 2 rings (SSSR count). The predicted molar refractivity (Wildman–Crippen MR) is 105 cm³/mol. The second-order valence-corrected chi connectivity index (χ2v) is 7.79. The SMILES string of the molecule is Cc1n[nH]c(C)c1[C@@H](N)C(=O)N1CCC(CCC(=O)NCCN(C)C)CC1. The van der Waals surface area contributed by atoms with E-state index in [4.69, 9.17) is 5.73 Å². The number of aryl methyl sites for hydroxylation is 2. The highest BCUT2D eigenvalue weighted by molar-refractivity contribution is 5.83. The highest BCUT2D eigenvalue weighted by atomic mass is 16.2. The predicted octanol–water partition coefficient (Wildman–Crippen LogP) is 0.723. The summed E-state index contributed by atoms with van der Waals surface area (Å²) in [6, 6.07) is -0.664. The van der Waals surface area contributed by atoms with Crippen molar-refractivity contribution in [1.29, 1.82) is 0 Å². The first-order chi connectivity index (χ1) is 12.8. The number of piperidine rings is 1. The number of likely N-dealkylation sites (tertiary alicyclic amines) is 1. The van der Waals surface area contributed by atoms with Gasteiger partial charge >= 0.3 is 0 Å². The molecule has 1 aliphatic rings. The van der Waals surface area contributed by atoms with Gasteiger partial charge < -0.3 is 20.9 Å². The zero-order valence-corrected chi connectivity index (χ0v) is 17.0. The molecule has 2 heterocycles. The first kappa shape index (κ1) is 21.4. The van der Waals surface area contributed by atoms with Gasteiger partial charge in [0.25, 0.3) is 0 Å². The van der Waals surface area contributed by atoms with Crippen LogP contribution < -0.4 is 11.1 Å². The van der Waals surface area contributed by atoms with Crippen LogP contribution in [0.1, 0.15) is 48.7 Å². The van der Waals surface area contributed by atoms with Crippen molar-refractivity contribution in [3.63, 3.8) is 0 Å². The Hall–Kier alpha value is -1.93. The van der Waals surface area contributed by atoms with Gasteiger partial charge in [-0.25, -0.2) is 0 Å². The van der Waals surface area contributed by atoms with Crippen molar-refractivity contribution in [2.24, 2.45) is 11.7 Å².